The van der Waals surface area contributed by atoms with E-state index in [-0.39, 0.29) is 5.91 Å². The van der Waals surface area contributed by atoms with E-state index in [1.165, 1.54) is 12.7 Å². The second kappa shape index (κ2) is 9.94. The van der Waals surface area contributed by atoms with Crippen molar-refractivity contribution in [3.05, 3.63) is 23.3 Å². The molecular weight excluding hydrogens is 328 g/mol. The molecule has 1 amide bonds. The fourth-order valence-corrected chi connectivity index (χ4v) is 3.43. The van der Waals surface area contributed by atoms with Crippen LogP contribution < -0.4 is 5.32 Å². The molecule has 3 heterocycles. The van der Waals surface area contributed by atoms with Gasteiger partial charge in [0.1, 0.15) is 6.33 Å². The normalized spacial score (nSPS) is 21.3. The molecule has 0 radical (unpaired) electrons. The van der Waals surface area contributed by atoms with Crippen molar-refractivity contribution in [2.24, 2.45) is 0 Å². The first-order valence-electron chi connectivity index (χ1n) is 9.63. The van der Waals surface area contributed by atoms with Crippen LogP contribution in [-0.2, 0) is 0 Å². The van der Waals surface area contributed by atoms with E-state index in [1.807, 2.05) is 18.7 Å². The number of amides is 1. The molecule has 26 heavy (non-hydrogen) atoms. The molecule has 146 valence electrons. The lowest BCUT2D eigenvalue weighted by atomic mass is 10.1. The van der Waals surface area contributed by atoms with Crippen LogP contribution in [0, 0.1) is 13.8 Å². The highest BCUT2D eigenvalue weighted by molar-refractivity contribution is 5.96. The van der Waals surface area contributed by atoms with E-state index in [9.17, 15) is 4.79 Å². The largest absolute Gasteiger partial charge is 0.339 e. The van der Waals surface area contributed by atoms with Crippen LogP contribution in [0.2, 0.25) is 0 Å². The Hall–Kier alpha value is -1.57. The Balaban J connectivity index is 0.000000209. The quantitative estimate of drug-likeness (QED) is 0.860. The van der Waals surface area contributed by atoms with Crippen LogP contribution in [0.1, 0.15) is 47.9 Å². The Labute approximate surface area is 157 Å². The molecule has 0 spiro atoms. The summed E-state index contributed by atoms with van der Waals surface area (Å²) in [4.78, 5) is 22.4. The van der Waals surface area contributed by atoms with Crippen molar-refractivity contribution < 1.29 is 4.79 Å². The highest BCUT2D eigenvalue weighted by Crippen LogP contribution is 2.16. The lowest BCUT2D eigenvalue weighted by Crippen LogP contribution is -2.53. The molecule has 7 nitrogen and oxygen atoms in total. The zero-order valence-electron chi connectivity index (χ0n) is 17.0. The average Bonchev–Trinajstić information content (AvgIpc) is 2.63. The van der Waals surface area contributed by atoms with Crippen LogP contribution in [0.15, 0.2) is 6.33 Å². The zero-order chi connectivity index (χ0) is 19.1. The Morgan fingerprint density at radius 1 is 1.12 bits per heavy atom. The monoisotopic (exact) mass is 362 g/mol. The molecule has 1 aromatic heterocycles. The van der Waals surface area contributed by atoms with E-state index >= 15 is 0 Å². The summed E-state index contributed by atoms with van der Waals surface area (Å²) in [5.74, 6) is 0.0929. The van der Waals surface area contributed by atoms with Gasteiger partial charge in [-0.05, 0) is 40.0 Å². The number of aryl methyl sites for hydroxylation is 2. The topological polar surface area (TPSA) is 64.6 Å². The molecule has 2 aliphatic rings. The SMILES string of the molecule is CC1CN(N(C)C)CCN1.Cc1ncnc(C)c1C(=O)N1CCCCC1. The summed E-state index contributed by atoms with van der Waals surface area (Å²) >= 11 is 0. The van der Waals surface area contributed by atoms with E-state index in [2.05, 4.69) is 46.3 Å². The predicted molar refractivity (Wildman–Crippen MR) is 104 cm³/mol. The fourth-order valence-electron chi connectivity index (χ4n) is 3.43. The number of nitrogens with one attached hydrogen (secondary N) is 1. The molecule has 0 aromatic carbocycles. The number of hydrazine groups is 1. The minimum atomic E-state index is 0.0929. The molecule has 2 fully saturated rings. The molecular formula is C19H34N6O. The molecule has 1 aromatic rings. The molecule has 7 heteroatoms. The summed E-state index contributed by atoms with van der Waals surface area (Å²) in [5.41, 5.74) is 2.25. The lowest BCUT2D eigenvalue weighted by Gasteiger charge is -2.35. The number of piperidine rings is 1. The van der Waals surface area contributed by atoms with Gasteiger partial charge >= 0.3 is 0 Å². The maximum absolute atomic E-state index is 12.3. The summed E-state index contributed by atoms with van der Waals surface area (Å²) in [5, 5.41) is 7.91. The summed E-state index contributed by atoms with van der Waals surface area (Å²) in [6.45, 7) is 11.1. The van der Waals surface area contributed by atoms with Crippen molar-refractivity contribution in [3.8, 4) is 0 Å². The first kappa shape index (κ1) is 20.7. The molecule has 1 unspecified atom stereocenters. The van der Waals surface area contributed by atoms with Crippen LogP contribution >= 0.6 is 0 Å². The van der Waals surface area contributed by atoms with Gasteiger partial charge in [-0.25, -0.2) is 20.0 Å². The average molecular weight is 363 g/mol. The Morgan fingerprint density at radius 2 is 1.73 bits per heavy atom. The molecule has 3 rings (SSSR count). The highest BCUT2D eigenvalue weighted by Gasteiger charge is 2.22. The molecule has 0 saturated carbocycles. The number of aromatic nitrogens is 2. The van der Waals surface area contributed by atoms with Crippen molar-refractivity contribution in [1.29, 1.82) is 0 Å². The number of hydrogen-bond acceptors (Lipinski definition) is 6. The van der Waals surface area contributed by atoms with E-state index < -0.39 is 0 Å². The number of piperazine rings is 1. The fraction of sp³-hybridized carbons (Fsp3) is 0.737. The zero-order valence-corrected chi connectivity index (χ0v) is 17.0. The van der Waals surface area contributed by atoms with Crippen LogP contribution in [0.3, 0.4) is 0 Å². The summed E-state index contributed by atoms with van der Waals surface area (Å²) < 4.78 is 0. The first-order chi connectivity index (χ1) is 12.4. The van der Waals surface area contributed by atoms with Crippen molar-refractivity contribution >= 4 is 5.91 Å². The van der Waals surface area contributed by atoms with E-state index in [0.717, 1.165) is 57.0 Å². The third-order valence-corrected chi connectivity index (χ3v) is 5.00. The molecule has 2 aliphatic heterocycles. The van der Waals surface area contributed by atoms with Gasteiger partial charge in [-0.3, -0.25) is 4.79 Å². The Kier molecular flexibility index (Phi) is 7.93. The highest BCUT2D eigenvalue weighted by atomic mass is 16.2. The Bertz CT molecular complexity index is 565. The van der Waals surface area contributed by atoms with Gasteiger partial charge in [0.15, 0.2) is 0 Å². The lowest BCUT2D eigenvalue weighted by molar-refractivity contribution is 0.00133. The van der Waals surface area contributed by atoms with Crippen molar-refractivity contribution in [1.82, 2.24) is 30.2 Å². The van der Waals surface area contributed by atoms with Crippen molar-refractivity contribution in [2.45, 2.75) is 46.1 Å². The van der Waals surface area contributed by atoms with Crippen LogP contribution in [0.5, 0.6) is 0 Å². The second-order valence-corrected chi connectivity index (χ2v) is 7.39. The van der Waals surface area contributed by atoms with Gasteiger partial charge in [-0.2, -0.15) is 0 Å². The molecule has 1 N–H and O–H groups in total. The third kappa shape index (κ3) is 5.72. The van der Waals surface area contributed by atoms with Crippen LogP contribution in [0.25, 0.3) is 0 Å². The first-order valence-corrected chi connectivity index (χ1v) is 9.63. The van der Waals surface area contributed by atoms with Gasteiger partial charge in [0.25, 0.3) is 5.91 Å². The maximum atomic E-state index is 12.3. The molecule has 0 aliphatic carbocycles. The summed E-state index contributed by atoms with van der Waals surface area (Å²) in [6.07, 6.45) is 4.96. The predicted octanol–water partition coefficient (Wildman–Crippen LogP) is 1.48. The van der Waals surface area contributed by atoms with Crippen LogP contribution in [-0.4, -0.2) is 83.7 Å². The molecule has 2 saturated heterocycles. The van der Waals surface area contributed by atoms with E-state index in [4.69, 9.17) is 0 Å². The van der Waals surface area contributed by atoms with Gasteiger partial charge in [0, 0.05) is 52.9 Å². The number of hydrogen-bond donors (Lipinski definition) is 1. The van der Waals surface area contributed by atoms with Crippen LogP contribution in [0.4, 0.5) is 0 Å². The van der Waals surface area contributed by atoms with Crippen molar-refractivity contribution in [2.75, 3.05) is 46.8 Å². The Morgan fingerprint density at radius 3 is 2.23 bits per heavy atom. The van der Waals surface area contributed by atoms with E-state index in [0.29, 0.717) is 11.6 Å². The van der Waals surface area contributed by atoms with E-state index in [1.54, 1.807) is 0 Å². The number of nitrogens with zero attached hydrogens (tertiary/aromatic N) is 5. The minimum Gasteiger partial charge on any atom is -0.339 e. The molecule has 0 bridgehead atoms. The minimum absolute atomic E-state index is 0.0929. The van der Waals surface area contributed by atoms with Gasteiger partial charge in [0.05, 0.1) is 17.0 Å². The summed E-state index contributed by atoms with van der Waals surface area (Å²) in [6, 6.07) is 0.635. The molecule has 1 atom stereocenters. The van der Waals surface area contributed by atoms with Gasteiger partial charge in [-0.15, -0.1) is 0 Å². The van der Waals surface area contributed by atoms with Gasteiger partial charge in [0.2, 0.25) is 0 Å². The number of likely N-dealkylation sites (tertiary alicyclic amines) is 1. The van der Waals surface area contributed by atoms with Crippen molar-refractivity contribution in [3.63, 3.8) is 0 Å². The number of carbonyl (C=O) groups is 1. The van der Waals surface area contributed by atoms with Gasteiger partial charge in [-0.1, -0.05) is 0 Å². The maximum Gasteiger partial charge on any atom is 0.257 e. The second-order valence-electron chi connectivity index (χ2n) is 7.39. The van der Waals surface area contributed by atoms with Gasteiger partial charge < -0.3 is 10.2 Å². The smallest absolute Gasteiger partial charge is 0.257 e. The third-order valence-electron chi connectivity index (χ3n) is 5.00. The number of rotatable bonds is 2. The summed E-state index contributed by atoms with van der Waals surface area (Å²) in [7, 11) is 4.19. The standard InChI is InChI=1S/C12H17N3O.C7H17N3/c1-9-11(10(2)14-8-13-9)12(16)15-6-4-3-5-7-15;1-7-6-10(9(2)3)5-4-8-7/h8H,3-7H2,1-2H3;7-8H,4-6H2,1-3H3. The number of carbonyl (C=O) groups excluding carboxylic acids is 1.